The molecule has 5 heteroatoms. The minimum Gasteiger partial charge on any atom is -0.326 e. The van der Waals surface area contributed by atoms with Crippen LogP contribution in [0, 0.1) is 13.8 Å². The Labute approximate surface area is 132 Å². The zero-order valence-electron chi connectivity index (χ0n) is 11.9. The van der Waals surface area contributed by atoms with E-state index < -0.39 is 0 Å². The summed E-state index contributed by atoms with van der Waals surface area (Å²) in [5.74, 6) is -0.155. The molecule has 0 atom stereocenters. The van der Waals surface area contributed by atoms with Gasteiger partial charge in [-0.3, -0.25) is 9.59 Å². The van der Waals surface area contributed by atoms with E-state index in [1.165, 1.54) is 11.3 Å². The Morgan fingerprint density at radius 1 is 1.14 bits per heavy atom. The van der Waals surface area contributed by atoms with E-state index in [0.717, 1.165) is 16.1 Å². The van der Waals surface area contributed by atoms with E-state index in [0.29, 0.717) is 9.90 Å². The SMILES string of the molecule is Cc1ccc(C(=O)CCC(=O)Nc2ccc(Cl)cc2C)s1. The van der Waals surface area contributed by atoms with Crippen LogP contribution in [-0.2, 0) is 4.79 Å². The number of benzene rings is 1. The molecule has 0 aliphatic carbocycles. The molecule has 1 aromatic carbocycles. The molecule has 0 saturated carbocycles. The van der Waals surface area contributed by atoms with Crippen LogP contribution in [-0.4, -0.2) is 11.7 Å². The molecule has 1 amide bonds. The van der Waals surface area contributed by atoms with Crippen LogP contribution in [0.4, 0.5) is 5.69 Å². The maximum Gasteiger partial charge on any atom is 0.224 e. The number of thiophene rings is 1. The second kappa shape index (κ2) is 6.87. The van der Waals surface area contributed by atoms with Crippen molar-refractivity contribution in [2.24, 2.45) is 0 Å². The molecule has 0 saturated heterocycles. The van der Waals surface area contributed by atoms with E-state index in [-0.39, 0.29) is 24.5 Å². The number of anilines is 1. The summed E-state index contributed by atoms with van der Waals surface area (Å²) in [6.45, 7) is 3.83. The Kier molecular flexibility index (Phi) is 5.15. The summed E-state index contributed by atoms with van der Waals surface area (Å²) in [6.07, 6.45) is 0.399. The quantitative estimate of drug-likeness (QED) is 0.817. The van der Waals surface area contributed by atoms with Crippen LogP contribution in [0.2, 0.25) is 5.02 Å². The van der Waals surface area contributed by atoms with E-state index in [4.69, 9.17) is 11.6 Å². The number of ketones is 1. The molecule has 0 unspecified atom stereocenters. The maximum atomic E-state index is 11.9. The van der Waals surface area contributed by atoms with Crippen molar-refractivity contribution in [2.75, 3.05) is 5.32 Å². The number of rotatable bonds is 5. The lowest BCUT2D eigenvalue weighted by Gasteiger charge is -2.08. The zero-order chi connectivity index (χ0) is 15.4. The van der Waals surface area contributed by atoms with Gasteiger partial charge in [0.1, 0.15) is 0 Å². The molecule has 1 N–H and O–H groups in total. The third-order valence-electron chi connectivity index (χ3n) is 3.06. The molecule has 21 heavy (non-hydrogen) atoms. The molecule has 110 valence electrons. The van der Waals surface area contributed by atoms with Gasteiger partial charge in [0.15, 0.2) is 5.78 Å². The van der Waals surface area contributed by atoms with Crippen LogP contribution in [0.3, 0.4) is 0 Å². The fraction of sp³-hybridized carbons (Fsp3) is 0.250. The van der Waals surface area contributed by atoms with Crippen LogP contribution < -0.4 is 5.32 Å². The van der Waals surface area contributed by atoms with Crippen molar-refractivity contribution in [2.45, 2.75) is 26.7 Å². The van der Waals surface area contributed by atoms with Crippen LogP contribution in [0.15, 0.2) is 30.3 Å². The van der Waals surface area contributed by atoms with Crippen molar-refractivity contribution in [3.8, 4) is 0 Å². The Hall–Kier alpha value is -1.65. The zero-order valence-corrected chi connectivity index (χ0v) is 13.5. The summed E-state index contributed by atoms with van der Waals surface area (Å²) in [5.41, 5.74) is 1.62. The topological polar surface area (TPSA) is 46.2 Å². The van der Waals surface area contributed by atoms with Gasteiger partial charge < -0.3 is 5.32 Å². The predicted octanol–water partition coefficient (Wildman–Crippen LogP) is 4.62. The standard InChI is InChI=1S/C16H16ClNO2S/c1-10-9-12(17)4-5-13(10)18-16(20)8-6-14(19)15-7-3-11(2)21-15/h3-5,7,9H,6,8H2,1-2H3,(H,18,20). The average Bonchev–Trinajstić information content (AvgIpc) is 2.86. The van der Waals surface area contributed by atoms with Gasteiger partial charge in [0.2, 0.25) is 5.91 Å². The fourth-order valence-corrected chi connectivity index (χ4v) is 2.98. The van der Waals surface area contributed by atoms with Crippen LogP contribution in [0.25, 0.3) is 0 Å². The highest BCUT2D eigenvalue weighted by atomic mass is 35.5. The number of nitrogens with one attached hydrogen (secondary N) is 1. The molecule has 2 aromatic rings. The van der Waals surface area contributed by atoms with Crippen LogP contribution in [0.5, 0.6) is 0 Å². The van der Waals surface area contributed by atoms with Crippen LogP contribution in [0.1, 0.15) is 33.0 Å². The number of Topliss-reactive ketones (excluding diaryl/α,β-unsaturated/α-hetero) is 1. The first-order chi connectivity index (χ1) is 9.95. The molecule has 1 heterocycles. The molecule has 2 rings (SSSR count). The van der Waals surface area contributed by atoms with E-state index in [2.05, 4.69) is 5.32 Å². The molecule has 0 bridgehead atoms. The summed E-state index contributed by atoms with van der Waals surface area (Å²) in [7, 11) is 0. The van der Waals surface area contributed by atoms with Crippen molar-refractivity contribution >= 4 is 40.3 Å². The molecule has 0 aliphatic heterocycles. The third-order valence-corrected chi connectivity index (χ3v) is 4.33. The number of carbonyl (C=O) groups excluding carboxylic acids is 2. The summed E-state index contributed by atoms with van der Waals surface area (Å²) < 4.78 is 0. The fourth-order valence-electron chi connectivity index (χ4n) is 1.91. The number of aryl methyl sites for hydroxylation is 2. The first-order valence-corrected chi connectivity index (χ1v) is 7.81. The Morgan fingerprint density at radius 2 is 1.90 bits per heavy atom. The molecular weight excluding hydrogens is 306 g/mol. The summed E-state index contributed by atoms with van der Waals surface area (Å²) >= 11 is 7.33. The molecule has 1 aromatic heterocycles. The molecule has 3 nitrogen and oxygen atoms in total. The smallest absolute Gasteiger partial charge is 0.224 e. The first-order valence-electron chi connectivity index (χ1n) is 6.61. The highest BCUT2D eigenvalue weighted by molar-refractivity contribution is 7.14. The maximum absolute atomic E-state index is 11.9. The van der Waals surface area contributed by atoms with Crippen molar-refractivity contribution in [3.05, 3.63) is 50.7 Å². The number of halogens is 1. The van der Waals surface area contributed by atoms with E-state index in [1.54, 1.807) is 18.2 Å². The summed E-state index contributed by atoms with van der Waals surface area (Å²) in [4.78, 5) is 25.6. The Bertz CT molecular complexity index is 679. The summed E-state index contributed by atoms with van der Waals surface area (Å²) in [5, 5.41) is 3.44. The van der Waals surface area contributed by atoms with Gasteiger partial charge in [-0.1, -0.05) is 11.6 Å². The number of hydrogen-bond donors (Lipinski definition) is 1. The molecule has 0 fully saturated rings. The summed E-state index contributed by atoms with van der Waals surface area (Å²) in [6, 6.07) is 9.00. The lowest BCUT2D eigenvalue weighted by molar-refractivity contribution is -0.116. The second-order valence-corrected chi connectivity index (χ2v) is 6.57. The largest absolute Gasteiger partial charge is 0.326 e. The van der Waals surface area contributed by atoms with E-state index >= 15 is 0 Å². The van der Waals surface area contributed by atoms with Crippen molar-refractivity contribution in [3.63, 3.8) is 0 Å². The van der Waals surface area contributed by atoms with Gasteiger partial charge in [0.05, 0.1) is 4.88 Å². The van der Waals surface area contributed by atoms with Crippen molar-refractivity contribution < 1.29 is 9.59 Å². The van der Waals surface area contributed by atoms with Gasteiger partial charge in [-0.2, -0.15) is 0 Å². The Morgan fingerprint density at radius 3 is 2.52 bits per heavy atom. The lowest BCUT2D eigenvalue weighted by Crippen LogP contribution is -2.13. The molecule has 0 radical (unpaired) electrons. The van der Waals surface area contributed by atoms with Gasteiger partial charge in [-0.05, 0) is 49.7 Å². The normalized spacial score (nSPS) is 10.4. The van der Waals surface area contributed by atoms with Gasteiger partial charge in [-0.25, -0.2) is 0 Å². The molecule has 0 spiro atoms. The number of amides is 1. The van der Waals surface area contributed by atoms with Gasteiger partial charge in [0.25, 0.3) is 0 Å². The van der Waals surface area contributed by atoms with Crippen molar-refractivity contribution in [1.29, 1.82) is 0 Å². The first kappa shape index (κ1) is 15.7. The van der Waals surface area contributed by atoms with Gasteiger partial charge in [-0.15, -0.1) is 11.3 Å². The molecule has 0 aliphatic rings. The lowest BCUT2D eigenvalue weighted by atomic mass is 10.1. The van der Waals surface area contributed by atoms with E-state index in [1.807, 2.05) is 26.0 Å². The molecular formula is C16H16ClNO2S. The third kappa shape index (κ3) is 4.41. The monoisotopic (exact) mass is 321 g/mol. The highest BCUT2D eigenvalue weighted by Gasteiger charge is 2.11. The van der Waals surface area contributed by atoms with Gasteiger partial charge in [0, 0.05) is 28.4 Å². The van der Waals surface area contributed by atoms with E-state index in [9.17, 15) is 9.59 Å². The van der Waals surface area contributed by atoms with Crippen molar-refractivity contribution in [1.82, 2.24) is 0 Å². The minimum atomic E-state index is -0.165. The van der Waals surface area contributed by atoms with Gasteiger partial charge >= 0.3 is 0 Å². The Balaban J connectivity index is 1.89. The minimum absolute atomic E-state index is 0.0103. The number of hydrogen-bond acceptors (Lipinski definition) is 3. The number of carbonyl (C=O) groups is 2. The highest BCUT2D eigenvalue weighted by Crippen LogP contribution is 2.20. The van der Waals surface area contributed by atoms with Crippen LogP contribution >= 0.6 is 22.9 Å². The average molecular weight is 322 g/mol. The second-order valence-electron chi connectivity index (χ2n) is 4.84. The predicted molar refractivity (Wildman–Crippen MR) is 87.4 cm³/mol.